The van der Waals surface area contributed by atoms with Crippen molar-refractivity contribution >= 4 is 11.3 Å². The number of quaternary nitrogens is 2. The molecule has 0 spiro atoms. The summed E-state index contributed by atoms with van der Waals surface area (Å²) in [5.41, 5.74) is 0. The van der Waals surface area contributed by atoms with Gasteiger partial charge < -0.3 is 9.80 Å². The van der Waals surface area contributed by atoms with E-state index in [0.717, 1.165) is 18.8 Å². The summed E-state index contributed by atoms with van der Waals surface area (Å²) in [5, 5.41) is 14.8. The van der Waals surface area contributed by atoms with E-state index in [0.29, 0.717) is 6.04 Å². The Bertz CT molecular complexity index is 573. The lowest BCUT2D eigenvalue weighted by Crippen LogP contribution is -3.28. The van der Waals surface area contributed by atoms with Gasteiger partial charge in [-0.15, -0.1) is 16.4 Å². The Morgan fingerprint density at radius 3 is 2.74 bits per heavy atom. The maximum Gasteiger partial charge on any atom is 0.209 e. The third-order valence-corrected chi connectivity index (χ3v) is 5.79. The average Bonchev–Trinajstić information content (AvgIpc) is 3.25. The average molecular weight is 337 g/mol. The first-order valence-corrected chi connectivity index (χ1v) is 9.66. The summed E-state index contributed by atoms with van der Waals surface area (Å²) in [7, 11) is 0. The van der Waals surface area contributed by atoms with Gasteiger partial charge in [-0.25, -0.2) is 4.68 Å². The minimum atomic E-state index is 0.424. The number of likely N-dealkylation sites (N-methyl/N-ethyl adjacent to an activating group) is 1. The molecule has 0 amide bonds. The van der Waals surface area contributed by atoms with Crippen molar-refractivity contribution in [3.05, 3.63) is 28.2 Å². The van der Waals surface area contributed by atoms with Crippen LogP contribution < -0.4 is 9.80 Å². The molecule has 1 atom stereocenters. The summed E-state index contributed by atoms with van der Waals surface area (Å²) in [4.78, 5) is 4.69. The van der Waals surface area contributed by atoms with Gasteiger partial charge in [0.25, 0.3) is 0 Å². The lowest BCUT2D eigenvalue weighted by molar-refractivity contribution is -1.03. The predicted octanol–water partition coefficient (Wildman–Crippen LogP) is -0.573. The third-order valence-electron chi connectivity index (χ3n) is 4.93. The van der Waals surface area contributed by atoms with Crippen molar-refractivity contribution in [2.45, 2.75) is 39.3 Å². The fourth-order valence-corrected chi connectivity index (χ4v) is 4.24. The van der Waals surface area contributed by atoms with E-state index in [4.69, 9.17) is 0 Å². The molecule has 1 fully saturated rings. The van der Waals surface area contributed by atoms with E-state index in [-0.39, 0.29) is 0 Å². The Morgan fingerprint density at radius 2 is 2.09 bits per heavy atom. The van der Waals surface area contributed by atoms with Crippen molar-refractivity contribution in [1.82, 2.24) is 20.2 Å². The Hall–Kier alpha value is -1.31. The van der Waals surface area contributed by atoms with Gasteiger partial charge in [0, 0.05) is 11.3 Å². The molecule has 1 saturated heterocycles. The zero-order chi connectivity index (χ0) is 16.1. The first-order chi connectivity index (χ1) is 11.3. The topological polar surface area (TPSA) is 52.5 Å². The zero-order valence-corrected chi connectivity index (χ0v) is 15.0. The SMILES string of the molecule is CCC[C@@H](c1nnnn1Cc1cccs1)[NH+]1CC[NH+](CC)CC1. The largest absolute Gasteiger partial charge is 0.326 e. The van der Waals surface area contributed by atoms with Crippen LogP contribution in [0.1, 0.15) is 43.4 Å². The molecule has 0 bridgehead atoms. The second-order valence-corrected chi connectivity index (χ2v) is 7.41. The second kappa shape index (κ2) is 7.99. The van der Waals surface area contributed by atoms with Crippen molar-refractivity contribution in [3.8, 4) is 0 Å². The molecule has 3 rings (SSSR count). The Kier molecular flexibility index (Phi) is 5.75. The van der Waals surface area contributed by atoms with E-state index in [9.17, 15) is 0 Å². The van der Waals surface area contributed by atoms with E-state index >= 15 is 0 Å². The van der Waals surface area contributed by atoms with Gasteiger partial charge in [-0.05, 0) is 28.8 Å². The molecule has 2 N–H and O–H groups in total. The molecule has 2 aromatic heterocycles. The highest BCUT2D eigenvalue weighted by Crippen LogP contribution is 2.15. The highest BCUT2D eigenvalue weighted by Gasteiger charge is 2.33. The molecule has 0 aromatic carbocycles. The van der Waals surface area contributed by atoms with E-state index in [1.165, 1.54) is 44.0 Å². The molecule has 0 radical (unpaired) electrons. The van der Waals surface area contributed by atoms with Crippen LogP contribution in [-0.4, -0.2) is 52.9 Å². The van der Waals surface area contributed by atoms with Crippen LogP contribution in [0.2, 0.25) is 0 Å². The van der Waals surface area contributed by atoms with E-state index in [2.05, 4.69) is 46.9 Å². The van der Waals surface area contributed by atoms with Gasteiger partial charge in [-0.2, -0.15) is 0 Å². The highest BCUT2D eigenvalue weighted by atomic mass is 32.1. The standard InChI is InChI=1S/C16H26N6S/c1-3-6-15(21-10-8-20(4-2)9-11-21)16-17-18-19-22(16)13-14-7-5-12-23-14/h5,7,12,15H,3-4,6,8-11,13H2,1-2H3/p+2/t15-/m0/s1. The molecule has 126 valence electrons. The van der Waals surface area contributed by atoms with Crippen LogP contribution in [0.15, 0.2) is 17.5 Å². The highest BCUT2D eigenvalue weighted by molar-refractivity contribution is 7.09. The first-order valence-electron chi connectivity index (χ1n) is 8.78. The summed E-state index contributed by atoms with van der Waals surface area (Å²) in [5.74, 6) is 1.06. The van der Waals surface area contributed by atoms with E-state index in [1.54, 1.807) is 21.1 Å². The molecule has 23 heavy (non-hydrogen) atoms. The van der Waals surface area contributed by atoms with Crippen LogP contribution in [0.5, 0.6) is 0 Å². The monoisotopic (exact) mass is 336 g/mol. The van der Waals surface area contributed by atoms with Crippen LogP contribution in [0.3, 0.4) is 0 Å². The van der Waals surface area contributed by atoms with Gasteiger partial charge in [-0.3, -0.25) is 0 Å². The molecule has 1 aliphatic rings. The van der Waals surface area contributed by atoms with Crippen molar-refractivity contribution in [1.29, 1.82) is 0 Å². The van der Waals surface area contributed by atoms with Crippen LogP contribution in [0, 0.1) is 0 Å². The molecule has 3 heterocycles. The van der Waals surface area contributed by atoms with Gasteiger partial charge in [0.05, 0.1) is 13.1 Å². The van der Waals surface area contributed by atoms with E-state index in [1.807, 2.05) is 4.68 Å². The molecule has 0 aliphatic carbocycles. The maximum absolute atomic E-state index is 4.41. The number of rotatable bonds is 7. The van der Waals surface area contributed by atoms with Gasteiger partial charge >= 0.3 is 0 Å². The predicted molar refractivity (Wildman–Crippen MR) is 90.8 cm³/mol. The number of nitrogens with one attached hydrogen (secondary N) is 2. The molecule has 7 heteroatoms. The lowest BCUT2D eigenvalue weighted by atomic mass is 10.1. The molecular formula is C16H28N6S+2. The molecule has 2 aromatic rings. The fraction of sp³-hybridized carbons (Fsp3) is 0.688. The molecule has 6 nitrogen and oxygen atoms in total. The normalized spacial score (nSPS) is 23.0. The molecular weight excluding hydrogens is 308 g/mol. The van der Waals surface area contributed by atoms with Crippen LogP contribution >= 0.6 is 11.3 Å². The Balaban J connectivity index is 1.75. The molecule has 0 unspecified atom stereocenters. The molecule has 1 aliphatic heterocycles. The van der Waals surface area contributed by atoms with Crippen LogP contribution in [0.4, 0.5) is 0 Å². The third kappa shape index (κ3) is 3.97. The summed E-state index contributed by atoms with van der Waals surface area (Å²) >= 11 is 1.77. The van der Waals surface area contributed by atoms with Crippen molar-refractivity contribution in [2.75, 3.05) is 32.7 Å². The molecule has 0 saturated carbocycles. The Morgan fingerprint density at radius 1 is 1.26 bits per heavy atom. The van der Waals surface area contributed by atoms with E-state index < -0.39 is 0 Å². The number of hydrogen-bond acceptors (Lipinski definition) is 4. The van der Waals surface area contributed by atoms with Crippen molar-refractivity contribution in [3.63, 3.8) is 0 Å². The number of aromatic nitrogens is 4. The van der Waals surface area contributed by atoms with Crippen LogP contribution in [0.25, 0.3) is 0 Å². The van der Waals surface area contributed by atoms with Crippen molar-refractivity contribution in [2.24, 2.45) is 0 Å². The maximum atomic E-state index is 4.41. The van der Waals surface area contributed by atoms with Gasteiger partial charge in [0.2, 0.25) is 5.82 Å². The Labute approximate surface area is 142 Å². The number of thiophene rings is 1. The fourth-order valence-electron chi connectivity index (χ4n) is 3.56. The zero-order valence-electron chi connectivity index (χ0n) is 14.2. The lowest BCUT2D eigenvalue weighted by Gasteiger charge is -2.33. The summed E-state index contributed by atoms with van der Waals surface area (Å²) in [6.07, 6.45) is 2.33. The van der Waals surface area contributed by atoms with Gasteiger partial charge in [0.15, 0.2) is 0 Å². The quantitative estimate of drug-likeness (QED) is 0.712. The van der Waals surface area contributed by atoms with Crippen molar-refractivity contribution < 1.29 is 9.80 Å². The summed E-state index contributed by atoms with van der Waals surface area (Å²) in [6, 6.07) is 4.67. The minimum absolute atomic E-state index is 0.424. The van der Waals surface area contributed by atoms with Crippen LogP contribution in [-0.2, 0) is 6.54 Å². The minimum Gasteiger partial charge on any atom is -0.326 e. The number of hydrogen-bond donors (Lipinski definition) is 2. The number of nitrogens with zero attached hydrogens (tertiary/aromatic N) is 4. The first kappa shape index (κ1) is 16.5. The second-order valence-electron chi connectivity index (χ2n) is 6.38. The summed E-state index contributed by atoms with van der Waals surface area (Å²) < 4.78 is 2.01. The van der Waals surface area contributed by atoms with Gasteiger partial charge in [0.1, 0.15) is 32.2 Å². The number of tetrazole rings is 1. The van der Waals surface area contributed by atoms with Gasteiger partial charge in [-0.1, -0.05) is 19.4 Å². The smallest absolute Gasteiger partial charge is 0.209 e. The summed E-state index contributed by atoms with van der Waals surface area (Å²) in [6.45, 7) is 11.5. The number of piperazine rings is 1.